The first kappa shape index (κ1) is 12.7. The van der Waals surface area contributed by atoms with Crippen LogP contribution in [0.5, 0.6) is 0 Å². The van der Waals surface area contributed by atoms with E-state index in [9.17, 15) is 0 Å². The van der Waals surface area contributed by atoms with E-state index in [-0.39, 0.29) is 5.41 Å². The number of hydrogen-bond donors (Lipinski definition) is 1. The lowest BCUT2D eigenvalue weighted by atomic mass is 9.74. The Morgan fingerprint density at radius 3 is 2.60 bits per heavy atom. The molecule has 0 bridgehead atoms. The Kier molecular flexibility index (Phi) is 3.03. The summed E-state index contributed by atoms with van der Waals surface area (Å²) in [6, 6.07) is 0. The van der Waals surface area contributed by atoms with Crippen LogP contribution in [-0.2, 0) is 5.41 Å². The van der Waals surface area contributed by atoms with Crippen LogP contribution >= 0.6 is 11.3 Å². The Bertz CT molecular complexity index is 606. The molecule has 2 aliphatic carbocycles. The lowest BCUT2D eigenvalue weighted by molar-refractivity contribution is 0.297. The summed E-state index contributed by atoms with van der Waals surface area (Å²) >= 11 is 1.70. The molecule has 2 aromatic rings. The second-order valence-electron chi connectivity index (χ2n) is 6.33. The van der Waals surface area contributed by atoms with Crippen LogP contribution in [0, 0.1) is 0 Å². The fourth-order valence-corrected chi connectivity index (χ4v) is 4.60. The maximum atomic E-state index is 6.12. The molecule has 2 heterocycles. The first-order valence-electron chi connectivity index (χ1n) is 7.75. The summed E-state index contributed by atoms with van der Waals surface area (Å²) < 4.78 is 2.00. The molecule has 0 aliphatic heterocycles. The first-order chi connectivity index (χ1) is 9.82. The number of aromatic nitrogens is 4. The van der Waals surface area contributed by atoms with Gasteiger partial charge in [-0.1, -0.05) is 37.0 Å². The van der Waals surface area contributed by atoms with E-state index >= 15 is 0 Å². The van der Waals surface area contributed by atoms with Crippen molar-refractivity contribution in [2.24, 2.45) is 5.73 Å². The molecule has 0 radical (unpaired) electrons. The molecule has 0 atom stereocenters. The summed E-state index contributed by atoms with van der Waals surface area (Å²) in [5.74, 6) is 1.64. The Balaban J connectivity index is 1.74. The quantitative estimate of drug-likeness (QED) is 0.943. The molecular weight excluding hydrogens is 270 g/mol. The molecule has 0 spiro atoms. The summed E-state index contributed by atoms with van der Waals surface area (Å²) in [5.41, 5.74) is 6.22. The van der Waals surface area contributed by atoms with Crippen LogP contribution in [0.3, 0.4) is 0 Å². The third-order valence-electron chi connectivity index (χ3n) is 5.14. The smallest absolute Gasteiger partial charge is 0.234 e. The Hall–Kier alpha value is -1.01. The van der Waals surface area contributed by atoms with Crippen LogP contribution in [-0.4, -0.2) is 26.4 Å². The van der Waals surface area contributed by atoms with E-state index in [1.54, 1.807) is 11.3 Å². The highest BCUT2D eigenvalue weighted by atomic mass is 32.1. The van der Waals surface area contributed by atoms with Gasteiger partial charge in [-0.15, -0.1) is 10.2 Å². The second-order valence-corrected chi connectivity index (χ2v) is 7.29. The van der Waals surface area contributed by atoms with Gasteiger partial charge in [0.2, 0.25) is 4.96 Å². The summed E-state index contributed by atoms with van der Waals surface area (Å²) in [5, 5.41) is 14.7. The zero-order valence-corrected chi connectivity index (χ0v) is 12.5. The average molecular weight is 291 g/mol. The van der Waals surface area contributed by atoms with Gasteiger partial charge in [0.05, 0.1) is 0 Å². The highest BCUT2D eigenvalue weighted by Gasteiger charge is 2.37. The maximum Gasteiger partial charge on any atom is 0.234 e. The van der Waals surface area contributed by atoms with Crippen LogP contribution in [0.2, 0.25) is 0 Å². The minimum atomic E-state index is 0.0977. The minimum Gasteiger partial charge on any atom is -0.329 e. The third-order valence-corrected chi connectivity index (χ3v) is 6.29. The van der Waals surface area contributed by atoms with Gasteiger partial charge in [-0.25, -0.2) is 0 Å². The molecule has 2 N–H and O–H groups in total. The van der Waals surface area contributed by atoms with Crippen LogP contribution in [0.25, 0.3) is 4.96 Å². The van der Waals surface area contributed by atoms with Crippen molar-refractivity contribution in [2.45, 2.75) is 62.7 Å². The Morgan fingerprint density at radius 1 is 1.15 bits per heavy atom. The normalized spacial score (nSPS) is 23.1. The van der Waals surface area contributed by atoms with Gasteiger partial charge in [-0.2, -0.15) is 9.61 Å². The van der Waals surface area contributed by atoms with Crippen LogP contribution < -0.4 is 5.73 Å². The van der Waals surface area contributed by atoms with E-state index in [2.05, 4.69) is 10.2 Å². The van der Waals surface area contributed by atoms with E-state index < -0.39 is 0 Å². The molecule has 5 nitrogen and oxygen atoms in total. The molecule has 0 aromatic carbocycles. The van der Waals surface area contributed by atoms with Crippen molar-refractivity contribution < 1.29 is 0 Å². The largest absolute Gasteiger partial charge is 0.329 e. The van der Waals surface area contributed by atoms with Crippen molar-refractivity contribution >= 4 is 16.3 Å². The van der Waals surface area contributed by atoms with Crippen molar-refractivity contribution in [3.8, 4) is 0 Å². The minimum absolute atomic E-state index is 0.0977. The first-order valence-corrected chi connectivity index (χ1v) is 8.57. The molecule has 0 unspecified atom stereocenters. The number of hydrogen-bond acceptors (Lipinski definition) is 5. The highest BCUT2D eigenvalue weighted by molar-refractivity contribution is 7.16. The fraction of sp³-hybridized carbons (Fsp3) is 0.786. The zero-order chi connectivity index (χ0) is 13.6. The number of nitrogens with zero attached hydrogens (tertiary/aromatic N) is 4. The van der Waals surface area contributed by atoms with Crippen molar-refractivity contribution in [3.63, 3.8) is 0 Å². The average Bonchev–Trinajstić information content (AvgIpc) is 3.00. The third kappa shape index (κ3) is 1.81. The van der Waals surface area contributed by atoms with Gasteiger partial charge in [0.1, 0.15) is 5.01 Å². The number of rotatable bonds is 3. The molecule has 2 fully saturated rings. The molecule has 20 heavy (non-hydrogen) atoms. The van der Waals surface area contributed by atoms with Gasteiger partial charge in [0.25, 0.3) is 0 Å². The lowest BCUT2D eigenvalue weighted by Gasteiger charge is -2.33. The summed E-state index contributed by atoms with van der Waals surface area (Å²) in [6.07, 6.45) is 9.99. The molecule has 0 saturated heterocycles. The Labute approximate surface area is 122 Å². The van der Waals surface area contributed by atoms with Crippen LogP contribution in [0.1, 0.15) is 68.1 Å². The molecule has 2 saturated carbocycles. The summed E-state index contributed by atoms with van der Waals surface area (Å²) in [6.45, 7) is 0.704. The van der Waals surface area contributed by atoms with Crippen LogP contribution in [0.4, 0.5) is 0 Å². The van der Waals surface area contributed by atoms with Crippen molar-refractivity contribution in [1.29, 1.82) is 0 Å². The van der Waals surface area contributed by atoms with Gasteiger partial charge < -0.3 is 5.73 Å². The fourth-order valence-electron chi connectivity index (χ4n) is 3.50. The maximum absolute atomic E-state index is 6.12. The molecule has 2 aliphatic rings. The van der Waals surface area contributed by atoms with E-state index in [4.69, 9.17) is 10.8 Å². The topological polar surface area (TPSA) is 69.1 Å². The van der Waals surface area contributed by atoms with Crippen molar-refractivity contribution in [3.05, 3.63) is 10.8 Å². The van der Waals surface area contributed by atoms with E-state index in [1.807, 2.05) is 4.52 Å². The molecule has 0 amide bonds. The second kappa shape index (κ2) is 4.77. The SMILES string of the molecule is NCC1(c2nn3c(C4CCC4)nnc3s2)CCCCC1. The van der Waals surface area contributed by atoms with E-state index in [1.165, 1.54) is 56.4 Å². The number of nitrogens with two attached hydrogens (primary N) is 1. The van der Waals surface area contributed by atoms with E-state index in [0.29, 0.717) is 12.5 Å². The van der Waals surface area contributed by atoms with Crippen molar-refractivity contribution in [2.75, 3.05) is 6.54 Å². The van der Waals surface area contributed by atoms with Gasteiger partial charge in [-0.3, -0.25) is 0 Å². The summed E-state index contributed by atoms with van der Waals surface area (Å²) in [4.78, 5) is 0.945. The monoisotopic (exact) mass is 291 g/mol. The van der Waals surface area contributed by atoms with Gasteiger partial charge in [0, 0.05) is 17.9 Å². The molecule has 108 valence electrons. The highest BCUT2D eigenvalue weighted by Crippen LogP contribution is 2.41. The molecule has 4 rings (SSSR count). The molecule has 6 heteroatoms. The van der Waals surface area contributed by atoms with Gasteiger partial charge in [-0.05, 0) is 25.7 Å². The Morgan fingerprint density at radius 2 is 1.95 bits per heavy atom. The standard InChI is InChI=1S/C14H21N5S/c15-9-14(7-2-1-3-8-14)12-18-19-11(10-5-4-6-10)16-17-13(19)20-12/h10H,1-9,15H2. The summed E-state index contributed by atoms with van der Waals surface area (Å²) in [7, 11) is 0. The predicted octanol–water partition coefficient (Wildman–Crippen LogP) is 2.61. The lowest BCUT2D eigenvalue weighted by Crippen LogP contribution is -2.37. The zero-order valence-electron chi connectivity index (χ0n) is 11.7. The predicted molar refractivity (Wildman–Crippen MR) is 79.1 cm³/mol. The van der Waals surface area contributed by atoms with E-state index in [0.717, 1.165) is 10.8 Å². The molecular formula is C14H21N5S. The van der Waals surface area contributed by atoms with Gasteiger partial charge in [0.15, 0.2) is 5.82 Å². The van der Waals surface area contributed by atoms with Crippen LogP contribution in [0.15, 0.2) is 0 Å². The number of fused-ring (bicyclic) bond motifs is 1. The van der Waals surface area contributed by atoms with Gasteiger partial charge >= 0.3 is 0 Å². The molecule has 2 aromatic heterocycles. The van der Waals surface area contributed by atoms with Crippen molar-refractivity contribution in [1.82, 2.24) is 19.8 Å².